The van der Waals surface area contributed by atoms with E-state index in [4.69, 9.17) is 5.73 Å². The lowest BCUT2D eigenvalue weighted by Gasteiger charge is -2.25. The quantitative estimate of drug-likeness (QED) is 0.679. The average molecular weight is 405 g/mol. The fraction of sp³-hybridized carbons (Fsp3) is 0.556. The maximum Gasteiger partial charge on any atom is 0.238 e. The van der Waals surface area contributed by atoms with Crippen molar-refractivity contribution >= 4 is 48.0 Å². The first kappa shape index (κ1) is 24.7. The van der Waals surface area contributed by atoms with E-state index in [0.717, 1.165) is 37.2 Å². The summed E-state index contributed by atoms with van der Waals surface area (Å²) in [6.07, 6.45) is 3.57. The van der Waals surface area contributed by atoms with Crippen molar-refractivity contribution < 1.29 is 9.59 Å². The van der Waals surface area contributed by atoms with E-state index in [0.29, 0.717) is 18.8 Å². The van der Waals surface area contributed by atoms with Gasteiger partial charge in [-0.3, -0.25) is 14.5 Å². The largest absolute Gasteiger partial charge is 0.330 e. The lowest BCUT2D eigenvalue weighted by atomic mass is 10.1. The Morgan fingerprint density at radius 1 is 1.15 bits per heavy atom. The highest BCUT2D eigenvalue weighted by Gasteiger charge is 2.15. The summed E-state index contributed by atoms with van der Waals surface area (Å²) in [4.78, 5) is 26.4. The summed E-state index contributed by atoms with van der Waals surface area (Å²) in [6, 6.07) is 5.51. The molecule has 6 nitrogen and oxygen atoms in total. The predicted molar refractivity (Wildman–Crippen MR) is 111 cm³/mol. The van der Waals surface area contributed by atoms with E-state index in [1.165, 1.54) is 6.42 Å². The van der Waals surface area contributed by atoms with Crippen molar-refractivity contribution in [3.05, 3.63) is 23.8 Å². The number of amides is 2. The number of anilines is 2. The second kappa shape index (κ2) is 12.1. The monoisotopic (exact) mass is 404 g/mol. The summed E-state index contributed by atoms with van der Waals surface area (Å²) in [5.74, 6) is -0.380. The third-order valence-corrected chi connectivity index (χ3v) is 4.40. The van der Waals surface area contributed by atoms with Crippen LogP contribution in [0.4, 0.5) is 11.4 Å². The third-order valence-electron chi connectivity index (χ3n) is 4.40. The van der Waals surface area contributed by atoms with E-state index in [1.54, 1.807) is 13.0 Å². The van der Waals surface area contributed by atoms with Gasteiger partial charge in [0.1, 0.15) is 0 Å². The molecule has 1 aromatic rings. The van der Waals surface area contributed by atoms with Crippen LogP contribution >= 0.6 is 24.8 Å². The van der Waals surface area contributed by atoms with Crippen molar-refractivity contribution in [3.63, 3.8) is 0 Å². The maximum absolute atomic E-state index is 12.3. The number of halogens is 2. The summed E-state index contributed by atoms with van der Waals surface area (Å²) in [5.41, 5.74) is 7.88. The average Bonchev–Trinajstić information content (AvgIpc) is 2.57. The van der Waals surface area contributed by atoms with Crippen molar-refractivity contribution in [3.8, 4) is 0 Å². The Kier molecular flexibility index (Phi) is 11.5. The zero-order chi connectivity index (χ0) is 17.5. The number of carbonyl (C=O) groups is 2. The van der Waals surface area contributed by atoms with E-state index >= 15 is 0 Å². The Balaban J connectivity index is 0.00000312. The van der Waals surface area contributed by atoms with Crippen molar-refractivity contribution in [2.75, 3.05) is 36.8 Å². The highest BCUT2D eigenvalue weighted by molar-refractivity contribution is 5.96. The maximum atomic E-state index is 12.3. The predicted octanol–water partition coefficient (Wildman–Crippen LogP) is 2.80. The van der Waals surface area contributed by atoms with Gasteiger partial charge in [0.25, 0.3) is 0 Å². The number of likely N-dealkylation sites (tertiary alicyclic amines) is 1. The Morgan fingerprint density at radius 2 is 1.81 bits per heavy atom. The molecule has 0 radical (unpaired) electrons. The van der Waals surface area contributed by atoms with Crippen LogP contribution in [0.1, 0.15) is 31.7 Å². The van der Waals surface area contributed by atoms with Crippen LogP contribution in [-0.2, 0) is 9.59 Å². The van der Waals surface area contributed by atoms with Gasteiger partial charge in [0.05, 0.1) is 6.54 Å². The Morgan fingerprint density at radius 3 is 2.42 bits per heavy atom. The standard InChI is InChI=1S/C18H28N4O2.2ClH/c1-13-6-7-15(20-18(24)14(2)11-19)10-16(13)21-17(23)12-22-8-4-3-5-9-22;;/h6-7,10,14H,3-5,8-9,11-12,19H2,1-2H3,(H,20,24)(H,21,23);2*1H. The second-order valence-corrected chi connectivity index (χ2v) is 6.54. The molecule has 2 amide bonds. The minimum absolute atomic E-state index is 0. The molecule has 4 N–H and O–H groups in total. The zero-order valence-electron chi connectivity index (χ0n) is 15.4. The normalized spacial score (nSPS) is 15.2. The summed E-state index contributed by atoms with van der Waals surface area (Å²) >= 11 is 0. The van der Waals surface area contributed by atoms with Gasteiger partial charge in [-0.2, -0.15) is 0 Å². The molecule has 0 bridgehead atoms. The van der Waals surface area contributed by atoms with Crippen LogP contribution in [-0.4, -0.2) is 42.9 Å². The Hall–Kier alpha value is -1.34. The molecule has 1 unspecified atom stereocenters. The number of rotatable bonds is 6. The van der Waals surface area contributed by atoms with Crippen LogP contribution in [0.5, 0.6) is 0 Å². The molecule has 2 rings (SSSR count). The molecule has 8 heteroatoms. The molecular formula is C18H30Cl2N4O2. The number of piperidine rings is 1. The van der Waals surface area contributed by atoms with Gasteiger partial charge in [0.2, 0.25) is 11.8 Å². The number of aryl methyl sites for hydroxylation is 1. The fourth-order valence-corrected chi connectivity index (χ4v) is 2.72. The van der Waals surface area contributed by atoms with Gasteiger partial charge in [-0.05, 0) is 50.6 Å². The lowest BCUT2D eigenvalue weighted by molar-refractivity contribution is -0.119. The summed E-state index contributed by atoms with van der Waals surface area (Å²) < 4.78 is 0. The van der Waals surface area contributed by atoms with Gasteiger partial charge < -0.3 is 16.4 Å². The van der Waals surface area contributed by atoms with Crippen LogP contribution in [0, 0.1) is 12.8 Å². The van der Waals surface area contributed by atoms with Crippen LogP contribution in [0.2, 0.25) is 0 Å². The van der Waals surface area contributed by atoms with Gasteiger partial charge >= 0.3 is 0 Å². The first-order valence-electron chi connectivity index (χ1n) is 8.63. The van der Waals surface area contributed by atoms with E-state index in [9.17, 15) is 9.59 Å². The van der Waals surface area contributed by atoms with Crippen molar-refractivity contribution in [1.82, 2.24) is 4.90 Å². The molecule has 1 aliphatic rings. The van der Waals surface area contributed by atoms with E-state index in [-0.39, 0.29) is 42.5 Å². The van der Waals surface area contributed by atoms with Crippen LogP contribution < -0.4 is 16.4 Å². The molecule has 0 spiro atoms. The van der Waals surface area contributed by atoms with Crippen molar-refractivity contribution in [2.24, 2.45) is 11.7 Å². The molecular weight excluding hydrogens is 375 g/mol. The summed E-state index contributed by atoms with van der Waals surface area (Å²) in [7, 11) is 0. The third kappa shape index (κ3) is 7.50. The smallest absolute Gasteiger partial charge is 0.238 e. The highest BCUT2D eigenvalue weighted by atomic mass is 35.5. The van der Waals surface area contributed by atoms with Crippen LogP contribution in [0.15, 0.2) is 18.2 Å². The van der Waals surface area contributed by atoms with Gasteiger partial charge in [-0.1, -0.05) is 19.4 Å². The van der Waals surface area contributed by atoms with Crippen molar-refractivity contribution in [1.29, 1.82) is 0 Å². The molecule has 1 aliphatic heterocycles. The van der Waals surface area contributed by atoms with Gasteiger partial charge in [0.15, 0.2) is 0 Å². The minimum Gasteiger partial charge on any atom is -0.330 e. The number of hydrogen-bond acceptors (Lipinski definition) is 4. The SMILES string of the molecule is Cc1ccc(NC(=O)C(C)CN)cc1NC(=O)CN1CCCCC1.Cl.Cl. The number of carbonyl (C=O) groups excluding carboxylic acids is 2. The second-order valence-electron chi connectivity index (χ2n) is 6.54. The Bertz CT molecular complexity index is 593. The number of benzene rings is 1. The minimum atomic E-state index is -0.247. The van der Waals surface area contributed by atoms with Gasteiger partial charge in [-0.15, -0.1) is 24.8 Å². The molecule has 0 aromatic heterocycles. The van der Waals surface area contributed by atoms with E-state index < -0.39 is 0 Å². The van der Waals surface area contributed by atoms with E-state index in [2.05, 4.69) is 15.5 Å². The van der Waals surface area contributed by atoms with Crippen LogP contribution in [0.25, 0.3) is 0 Å². The topological polar surface area (TPSA) is 87.5 Å². The number of nitrogens with zero attached hydrogens (tertiary/aromatic N) is 1. The van der Waals surface area contributed by atoms with E-state index in [1.807, 2.05) is 19.1 Å². The number of nitrogens with two attached hydrogens (primary N) is 1. The molecule has 1 atom stereocenters. The molecule has 1 heterocycles. The highest BCUT2D eigenvalue weighted by Crippen LogP contribution is 2.21. The first-order chi connectivity index (χ1) is 11.5. The summed E-state index contributed by atoms with van der Waals surface area (Å²) in [6.45, 7) is 6.41. The molecule has 1 fully saturated rings. The molecule has 1 saturated heterocycles. The lowest BCUT2D eigenvalue weighted by Crippen LogP contribution is -2.36. The fourth-order valence-electron chi connectivity index (χ4n) is 2.72. The zero-order valence-corrected chi connectivity index (χ0v) is 17.0. The first-order valence-corrected chi connectivity index (χ1v) is 8.63. The summed E-state index contributed by atoms with van der Waals surface area (Å²) in [5, 5.41) is 5.79. The van der Waals surface area contributed by atoms with Gasteiger partial charge in [-0.25, -0.2) is 0 Å². The van der Waals surface area contributed by atoms with Crippen LogP contribution in [0.3, 0.4) is 0 Å². The Labute approximate surface area is 168 Å². The number of hydrogen-bond donors (Lipinski definition) is 3. The molecule has 0 saturated carbocycles. The molecule has 0 aliphatic carbocycles. The van der Waals surface area contributed by atoms with Gasteiger partial charge in [0, 0.05) is 23.8 Å². The number of nitrogens with one attached hydrogen (secondary N) is 2. The molecule has 148 valence electrons. The molecule has 26 heavy (non-hydrogen) atoms. The molecule has 1 aromatic carbocycles. The van der Waals surface area contributed by atoms with Crippen molar-refractivity contribution in [2.45, 2.75) is 33.1 Å².